The highest BCUT2D eigenvalue weighted by atomic mass is 32.2. The van der Waals surface area contributed by atoms with Gasteiger partial charge in [0.05, 0.1) is 40.6 Å². The predicted octanol–water partition coefficient (Wildman–Crippen LogP) is 4.82. The number of nitrogens with zero attached hydrogens (tertiary/aromatic N) is 4. The van der Waals surface area contributed by atoms with Gasteiger partial charge in [0.15, 0.2) is 5.13 Å². The second-order valence-corrected chi connectivity index (χ2v) is 13.2. The van der Waals surface area contributed by atoms with Crippen molar-refractivity contribution in [1.82, 2.24) is 9.88 Å². The van der Waals surface area contributed by atoms with Gasteiger partial charge >= 0.3 is 0 Å². The molecule has 220 valence electrons. The van der Waals surface area contributed by atoms with Crippen molar-refractivity contribution in [2.45, 2.75) is 24.7 Å². The molecule has 0 atom stereocenters. The largest absolute Gasteiger partial charge is 0.494 e. The minimum atomic E-state index is -3.75. The van der Waals surface area contributed by atoms with E-state index in [9.17, 15) is 13.2 Å². The van der Waals surface area contributed by atoms with Crippen molar-refractivity contribution in [2.75, 3.05) is 61.7 Å². The highest BCUT2D eigenvalue weighted by Gasteiger charge is 2.31. The molecule has 9 nitrogen and oxygen atoms in total. The van der Waals surface area contributed by atoms with E-state index in [1.165, 1.54) is 27.8 Å². The van der Waals surface area contributed by atoms with Gasteiger partial charge in [-0.3, -0.25) is 18.9 Å². The van der Waals surface area contributed by atoms with Gasteiger partial charge in [-0.25, -0.2) is 13.4 Å². The Hall–Kier alpha value is -3.51. The van der Waals surface area contributed by atoms with Crippen molar-refractivity contribution in [3.05, 3.63) is 77.9 Å². The molecule has 0 unspecified atom stereocenters. The summed E-state index contributed by atoms with van der Waals surface area (Å²) in [6, 6.07) is 19.6. The summed E-state index contributed by atoms with van der Waals surface area (Å²) in [5.41, 5.74) is 2.95. The zero-order valence-corrected chi connectivity index (χ0v) is 25.2. The Kier molecular flexibility index (Phi) is 8.43. The molecule has 3 aromatic carbocycles. The fraction of sp³-hybridized carbons (Fsp3) is 0.355. The van der Waals surface area contributed by atoms with E-state index in [4.69, 9.17) is 14.5 Å². The molecule has 1 fully saturated rings. The predicted molar refractivity (Wildman–Crippen MR) is 165 cm³/mol. The maximum atomic E-state index is 13.9. The van der Waals surface area contributed by atoms with Gasteiger partial charge in [-0.05, 0) is 73.9 Å². The number of amides is 1. The molecule has 1 aromatic heterocycles. The average molecular weight is 607 g/mol. The van der Waals surface area contributed by atoms with Crippen LogP contribution in [0.3, 0.4) is 0 Å². The lowest BCUT2D eigenvalue weighted by Gasteiger charge is -2.27. The van der Waals surface area contributed by atoms with Crippen LogP contribution in [0.2, 0.25) is 0 Å². The number of hydrogen-bond donors (Lipinski definition) is 0. The topological polar surface area (TPSA) is 92.3 Å². The van der Waals surface area contributed by atoms with Gasteiger partial charge in [-0.15, -0.1) is 0 Å². The molecule has 0 spiro atoms. The molecule has 1 amide bonds. The zero-order valence-electron chi connectivity index (χ0n) is 23.6. The lowest BCUT2D eigenvalue weighted by Crippen LogP contribution is -2.39. The first-order chi connectivity index (χ1) is 20.4. The first kappa shape index (κ1) is 28.6. The van der Waals surface area contributed by atoms with Gasteiger partial charge in [-0.1, -0.05) is 29.5 Å². The first-order valence-corrected chi connectivity index (χ1v) is 16.6. The van der Waals surface area contributed by atoms with Crippen LogP contribution in [-0.2, 0) is 21.2 Å². The van der Waals surface area contributed by atoms with Crippen LogP contribution in [0.5, 0.6) is 5.75 Å². The number of fused-ring (bicyclic) bond motifs is 2. The number of ether oxygens (including phenoxy) is 2. The molecule has 0 saturated carbocycles. The Morgan fingerprint density at radius 1 is 1.05 bits per heavy atom. The Balaban J connectivity index is 1.25. The Bertz CT molecular complexity index is 1670. The second kappa shape index (κ2) is 12.4. The van der Waals surface area contributed by atoms with Crippen LogP contribution in [0.25, 0.3) is 10.2 Å². The molecule has 0 aliphatic carbocycles. The third-order valence-corrected chi connectivity index (χ3v) is 10.5. The number of thiazole rings is 1. The Labute approximate surface area is 250 Å². The number of aromatic nitrogens is 1. The number of carbonyl (C=O) groups excluding carboxylic acids is 1. The lowest BCUT2D eigenvalue weighted by molar-refractivity contribution is 0.0376. The van der Waals surface area contributed by atoms with Crippen LogP contribution in [0, 0.1) is 0 Å². The van der Waals surface area contributed by atoms with Crippen molar-refractivity contribution in [1.29, 1.82) is 0 Å². The maximum absolute atomic E-state index is 13.9. The highest BCUT2D eigenvalue weighted by Crippen LogP contribution is 2.34. The van der Waals surface area contributed by atoms with Gasteiger partial charge in [0, 0.05) is 38.3 Å². The van der Waals surface area contributed by atoms with Crippen molar-refractivity contribution < 1.29 is 22.7 Å². The fourth-order valence-corrected chi connectivity index (χ4v) is 7.96. The Morgan fingerprint density at radius 2 is 1.83 bits per heavy atom. The van der Waals surface area contributed by atoms with E-state index in [-0.39, 0.29) is 10.8 Å². The average Bonchev–Trinajstić information content (AvgIpc) is 3.64. The summed E-state index contributed by atoms with van der Waals surface area (Å²) in [4.78, 5) is 22.9. The van der Waals surface area contributed by atoms with Crippen LogP contribution in [0.1, 0.15) is 29.3 Å². The van der Waals surface area contributed by atoms with E-state index in [0.717, 1.165) is 60.8 Å². The van der Waals surface area contributed by atoms with Crippen LogP contribution in [0.4, 0.5) is 10.8 Å². The van der Waals surface area contributed by atoms with E-state index in [0.29, 0.717) is 42.5 Å². The molecular weight excluding hydrogens is 572 g/mol. The second-order valence-electron chi connectivity index (χ2n) is 10.3. The number of sulfonamides is 1. The molecule has 42 heavy (non-hydrogen) atoms. The number of carbonyl (C=O) groups is 1. The normalized spacial score (nSPS) is 15.6. The van der Waals surface area contributed by atoms with E-state index in [1.54, 1.807) is 17.0 Å². The summed E-state index contributed by atoms with van der Waals surface area (Å²) in [6.45, 7) is 7.46. The van der Waals surface area contributed by atoms with Gasteiger partial charge in [0.2, 0.25) is 0 Å². The molecule has 2 aliphatic rings. The molecule has 1 saturated heterocycles. The number of hydrogen-bond acceptors (Lipinski definition) is 8. The number of anilines is 2. The van der Waals surface area contributed by atoms with Crippen LogP contribution >= 0.6 is 11.3 Å². The molecule has 0 bridgehead atoms. The number of rotatable bonds is 10. The maximum Gasteiger partial charge on any atom is 0.264 e. The van der Waals surface area contributed by atoms with Crippen molar-refractivity contribution in [3.8, 4) is 5.75 Å². The fourth-order valence-electron chi connectivity index (χ4n) is 5.44. The molecule has 0 N–H and O–H groups in total. The van der Waals surface area contributed by atoms with E-state index in [1.807, 2.05) is 49.4 Å². The quantitative estimate of drug-likeness (QED) is 0.256. The first-order valence-electron chi connectivity index (χ1n) is 14.3. The SMILES string of the molecule is CCOc1ccc2nc(N(CCCN3CCOCC3)C(=O)c3ccc(S(=O)(=O)N4CCc5ccccc54)cc3)sc2c1. The smallest absolute Gasteiger partial charge is 0.264 e. The highest BCUT2D eigenvalue weighted by molar-refractivity contribution is 7.92. The molecule has 3 heterocycles. The summed E-state index contributed by atoms with van der Waals surface area (Å²) >= 11 is 1.45. The minimum Gasteiger partial charge on any atom is -0.494 e. The molecular formula is C31H34N4O5S2. The van der Waals surface area contributed by atoms with Crippen molar-refractivity contribution in [2.24, 2.45) is 0 Å². The van der Waals surface area contributed by atoms with E-state index in [2.05, 4.69) is 4.90 Å². The van der Waals surface area contributed by atoms with E-state index < -0.39 is 10.0 Å². The molecule has 0 radical (unpaired) electrons. The van der Waals surface area contributed by atoms with Crippen LogP contribution in [0.15, 0.2) is 71.6 Å². The number of benzene rings is 3. The molecule has 6 rings (SSSR count). The number of para-hydroxylation sites is 1. The summed E-state index contributed by atoms with van der Waals surface area (Å²) in [7, 11) is -3.75. The summed E-state index contributed by atoms with van der Waals surface area (Å²) in [5.74, 6) is 0.555. The van der Waals surface area contributed by atoms with Crippen molar-refractivity contribution >= 4 is 48.3 Å². The number of morpholine rings is 1. The third-order valence-electron chi connectivity index (χ3n) is 7.63. The lowest BCUT2D eigenvalue weighted by atomic mass is 10.2. The van der Waals surface area contributed by atoms with Crippen molar-refractivity contribution in [3.63, 3.8) is 0 Å². The van der Waals surface area contributed by atoms with Crippen LogP contribution in [-0.4, -0.2) is 76.8 Å². The Morgan fingerprint density at radius 3 is 2.62 bits per heavy atom. The van der Waals surface area contributed by atoms with Gasteiger partial charge < -0.3 is 9.47 Å². The van der Waals surface area contributed by atoms with Gasteiger partial charge in [-0.2, -0.15) is 0 Å². The third kappa shape index (κ3) is 5.87. The zero-order chi connectivity index (χ0) is 29.1. The van der Waals surface area contributed by atoms with Crippen LogP contribution < -0.4 is 13.9 Å². The van der Waals surface area contributed by atoms with Gasteiger partial charge in [0.1, 0.15) is 5.75 Å². The summed E-state index contributed by atoms with van der Waals surface area (Å²) in [5, 5.41) is 0.607. The van der Waals surface area contributed by atoms with Gasteiger partial charge in [0.25, 0.3) is 15.9 Å². The summed E-state index contributed by atoms with van der Waals surface area (Å²) in [6.07, 6.45) is 1.45. The minimum absolute atomic E-state index is 0.165. The molecule has 2 aliphatic heterocycles. The molecule has 11 heteroatoms. The standard InChI is InChI=1S/C31H34N4O5S2/c1-2-40-25-10-13-27-29(22-25)41-31(32-27)34(16-5-15-33-18-20-39-21-19-33)30(36)24-8-11-26(12-9-24)42(37,38)35-17-14-23-6-3-4-7-28(23)35/h3-4,6-13,22H,2,5,14-21H2,1H3. The monoisotopic (exact) mass is 606 g/mol. The van der Waals surface area contributed by atoms with E-state index >= 15 is 0 Å². The molecule has 4 aromatic rings. The summed E-state index contributed by atoms with van der Waals surface area (Å²) < 4.78 is 40.5.